The summed E-state index contributed by atoms with van der Waals surface area (Å²) in [4.78, 5) is 40.2. The highest BCUT2D eigenvalue weighted by molar-refractivity contribution is 6.07. The minimum Gasteiger partial charge on any atom is -0.505 e. The molecule has 1 atom stereocenters. The van der Waals surface area contributed by atoms with E-state index in [1.165, 1.54) is 18.3 Å². The monoisotopic (exact) mass is 263 g/mol. The van der Waals surface area contributed by atoms with Crippen LogP contribution < -0.4 is 5.32 Å². The Labute approximate surface area is 109 Å². The minimum atomic E-state index is -0.730. The molecule has 0 radical (unpaired) electrons. The van der Waals surface area contributed by atoms with E-state index < -0.39 is 23.8 Å². The summed E-state index contributed by atoms with van der Waals surface area (Å²) in [5.74, 6) is -1.96. The van der Waals surface area contributed by atoms with E-state index in [9.17, 15) is 19.5 Å². The summed E-state index contributed by atoms with van der Waals surface area (Å²) in [5, 5.41) is 11.8. The van der Waals surface area contributed by atoms with Gasteiger partial charge in [-0.05, 0) is 18.6 Å². The van der Waals surface area contributed by atoms with Crippen molar-refractivity contribution >= 4 is 17.7 Å². The molecule has 100 valence electrons. The molecule has 1 aromatic heterocycles. The SMILES string of the molecule is CCC1C(=O)NC(=O)CN1C(=O)c1ncccc1O. The molecule has 19 heavy (non-hydrogen) atoms. The minimum absolute atomic E-state index is 0.163. The lowest BCUT2D eigenvalue weighted by Crippen LogP contribution is -2.59. The largest absolute Gasteiger partial charge is 0.505 e. The van der Waals surface area contributed by atoms with Crippen molar-refractivity contribution in [1.29, 1.82) is 0 Å². The zero-order valence-corrected chi connectivity index (χ0v) is 10.3. The summed E-state index contributed by atoms with van der Waals surface area (Å²) < 4.78 is 0. The summed E-state index contributed by atoms with van der Waals surface area (Å²) in [6.45, 7) is 1.51. The summed E-state index contributed by atoms with van der Waals surface area (Å²) in [7, 11) is 0. The second-order valence-corrected chi connectivity index (χ2v) is 4.14. The van der Waals surface area contributed by atoms with Gasteiger partial charge in [0.25, 0.3) is 5.91 Å². The Morgan fingerprint density at radius 1 is 1.58 bits per heavy atom. The van der Waals surface area contributed by atoms with Crippen LogP contribution in [0.3, 0.4) is 0 Å². The van der Waals surface area contributed by atoms with E-state index in [1.54, 1.807) is 6.92 Å². The number of hydrogen-bond acceptors (Lipinski definition) is 5. The van der Waals surface area contributed by atoms with Crippen LogP contribution in [-0.2, 0) is 9.59 Å². The molecule has 2 rings (SSSR count). The van der Waals surface area contributed by atoms with E-state index >= 15 is 0 Å². The number of nitrogens with one attached hydrogen (secondary N) is 1. The molecule has 1 saturated heterocycles. The van der Waals surface area contributed by atoms with Gasteiger partial charge in [-0.1, -0.05) is 6.92 Å². The fourth-order valence-electron chi connectivity index (χ4n) is 1.98. The fourth-order valence-corrected chi connectivity index (χ4v) is 1.98. The van der Waals surface area contributed by atoms with Crippen LogP contribution in [0.25, 0.3) is 0 Å². The molecule has 3 amide bonds. The number of amides is 3. The molecule has 2 heterocycles. The number of pyridine rings is 1. The van der Waals surface area contributed by atoms with Crippen molar-refractivity contribution in [2.45, 2.75) is 19.4 Å². The summed E-state index contributed by atoms with van der Waals surface area (Å²) in [6, 6.07) is 2.08. The van der Waals surface area contributed by atoms with Gasteiger partial charge in [0, 0.05) is 6.20 Å². The molecule has 0 aliphatic carbocycles. The number of carbonyl (C=O) groups excluding carboxylic acids is 3. The van der Waals surface area contributed by atoms with Crippen molar-refractivity contribution in [2.24, 2.45) is 0 Å². The number of carbonyl (C=O) groups is 3. The van der Waals surface area contributed by atoms with Gasteiger partial charge in [-0.15, -0.1) is 0 Å². The second kappa shape index (κ2) is 5.05. The maximum absolute atomic E-state index is 12.3. The molecular weight excluding hydrogens is 250 g/mol. The highest BCUT2D eigenvalue weighted by Crippen LogP contribution is 2.18. The molecule has 0 bridgehead atoms. The van der Waals surface area contributed by atoms with E-state index in [1.807, 2.05) is 0 Å². The van der Waals surface area contributed by atoms with Crippen LogP contribution in [0.5, 0.6) is 5.75 Å². The third-order valence-electron chi connectivity index (χ3n) is 2.89. The van der Waals surface area contributed by atoms with E-state index in [2.05, 4.69) is 10.3 Å². The summed E-state index contributed by atoms with van der Waals surface area (Å²) in [5.41, 5.74) is -0.163. The number of aromatic hydroxyl groups is 1. The molecule has 1 aliphatic rings. The molecular formula is C12H13N3O4. The first-order valence-corrected chi connectivity index (χ1v) is 5.83. The van der Waals surface area contributed by atoms with Crippen molar-refractivity contribution in [2.75, 3.05) is 6.54 Å². The number of nitrogens with zero attached hydrogens (tertiary/aromatic N) is 2. The summed E-state index contributed by atoms with van der Waals surface area (Å²) in [6.07, 6.45) is 1.73. The van der Waals surface area contributed by atoms with Crippen molar-refractivity contribution in [3.05, 3.63) is 24.0 Å². The van der Waals surface area contributed by atoms with Gasteiger partial charge in [-0.2, -0.15) is 0 Å². The highest BCUT2D eigenvalue weighted by Gasteiger charge is 2.37. The molecule has 1 aliphatic heterocycles. The Kier molecular flexibility index (Phi) is 3.46. The maximum atomic E-state index is 12.3. The van der Waals surface area contributed by atoms with E-state index in [0.29, 0.717) is 6.42 Å². The van der Waals surface area contributed by atoms with Crippen LogP contribution >= 0.6 is 0 Å². The maximum Gasteiger partial charge on any atom is 0.277 e. The van der Waals surface area contributed by atoms with E-state index in [-0.39, 0.29) is 18.0 Å². The summed E-state index contributed by atoms with van der Waals surface area (Å²) >= 11 is 0. The van der Waals surface area contributed by atoms with Crippen LogP contribution in [0, 0.1) is 0 Å². The zero-order valence-electron chi connectivity index (χ0n) is 10.3. The lowest BCUT2D eigenvalue weighted by molar-refractivity contribution is -0.138. The first kappa shape index (κ1) is 13.0. The molecule has 2 N–H and O–H groups in total. The smallest absolute Gasteiger partial charge is 0.277 e. The van der Waals surface area contributed by atoms with Gasteiger partial charge in [0.1, 0.15) is 18.3 Å². The van der Waals surface area contributed by atoms with Crippen LogP contribution in [-0.4, -0.2) is 45.3 Å². The van der Waals surface area contributed by atoms with E-state index in [4.69, 9.17) is 0 Å². The predicted molar refractivity (Wildman–Crippen MR) is 64.2 cm³/mol. The van der Waals surface area contributed by atoms with Gasteiger partial charge in [-0.3, -0.25) is 19.7 Å². The van der Waals surface area contributed by atoms with Crippen molar-refractivity contribution in [3.63, 3.8) is 0 Å². The standard InChI is InChI=1S/C12H13N3O4/c1-2-7-11(18)14-9(17)6-15(7)12(19)10-8(16)4-3-5-13-10/h3-5,7,16H,2,6H2,1H3,(H,14,17,18). The van der Waals surface area contributed by atoms with Gasteiger partial charge in [0.05, 0.1) is 0 Å². The van der Waals surface area contributed by atoms with Crippen LogP contribution in [0.15, 0.2) is 18.3 Å². The topological polar surface area (TPSA) is 99.6 Å². The van der Waals surface area contributed by atoms with Crippen LogP contribution in [0.2, 0.25) is 0 Å². The van der Waals surface area contributed by atoms with Crippen molar-refractivity contribution in [1.82, 2.24) is 15.2 Å². The molecule has 0 spiro atoms. The van der Waals surface area contributed by atoms with E-state index in [0.717, 1.165) is 4.90 Å². The molecule has 7 heteroatoms. The molecule has 7 nitrogen and oxygen atoms in total. The van der Waals surface area contributed by atoms with Gasteiger partial charge in [0.2, 0.25) is 11.8 Å². The lowest BCUT2D eigenvalue weighted by Gasteiger charge is -2.33. The molecule has 1 aromatic rings. The number of imide groups is 1. The first-order chi connectivity index (χ1) is 9.04. The van der Waals surface area contributed by atoms with Crippen LogP contribution in [0.1, 0.15) is 23.8 Å². The third kappa shape index (κ3) is 2.40. The molecule has 1 fully saturated rings. The fraction of sp³-hybridized carbons (Fsp3) is 0.333. The predicted octanol–water partition coefficient (Wildman–Crippen LogP) is -0.336. The molecule has 1 unspecified atom stereocenters. The molecule has 0 aromatic carbocycles. The van der Waals surface area contributed by atoms with Crippen LogP contribution in [0.4, 0.5) is 0 Å². The Morgan fingerprint density at radius 3 is 2.95 bits per heavy atom. The average Bonchev–Trinajstić information content (AvgIpc) is 2.37. The number of piperazine rings is 1. The number of rotatable bonds is 2. The van der Waals surface area contributed by atoms with Gasteiger partial charge < -0.3 is 10.0 Å². The van der Waals surface area contributed by atoms with Gasteiger partial charge in [-0.25, -0.2) is 4.98 Å². The first-order valence-electron chi connectivity index (χ1n) is 5.83. The second-order valence-electron chi connectivity index (χ2n) is 4.14. The normalized spacial score (nSPS) is 19.2. The lowest BCUT2D eigenvalue weighted by atomic mass is 10.1. The quantitative estimate of drug-likeness (QED) is 0.711. The van der Waals surface area contributed by atoms with Crippen molar-refractivity contribution < 1.29 is 19.5 Å². The average molecular weight is 263 g/mol. The Morgan fingerprint density at radius 2 is 2.32 bits per heavy atom. The number of hydrogen-bond donors (Lipinski definition) is 2. The Bertz CT molecular complexity index is 544. The Hall–Kier alpha value is -2.44. The van der Waals surface area contributed by atoms with Gasteiger partial charge >= 0.3 is 0 Å². The Balaban J connectivity index is 2.33. The third-order valence-corrected chi connectivity index (χ3v) is 2.89. The zero-order chi connectivity index (χ0) is 14.0. The van der Waals surface area contributed by atoms with Gasteiger partial charge in [0.15, 0.2) is 5.69 Å². The number of aromatic nitrogens is 1. The highest BCUT2D eigenvalue weighted by atomic mass is 16.3. The molecule has 0 saturated carbocycles. The van der Waals surface area contributed by atoms with Crippen molar-refractivity contribution in [3.8, 4) is 5.75 Å².